The minimum absolute atomic E-state index is 0.0996. The summed E-state index contributed by atoms with van der Waals surface area (Å²) in [4.78, 5) is 14.4. The maximum atomic E-state index is 12.5. The third kappa shape index (κ3) is 3.18. The largest absolute Gasteiger partial charge is 0.336 e. The molecular formula is C15H21BrN2O. The predicted molar refractivity (Wildman–Crippen MR) is 81.0 cm³/mol. The summed E-state index contributed by atoms with van der Waals surface area (Å²) in [6.45, 7) is 6.88. The Bertz CT molecular complexity index is 499. The number of nitrogens with zero attached hydrogens (tertiary/aromatic N) is 1. The second kappa shape index (κ2) is 5.25. The van der Waals surface area contributed by atoms with Crippen molar-refractivity contribution < 1.29 is 4.79 Å². The lowest BCUT2D eigenvalue weighted by atomic mass is 9.99. The molecule has 104 valence electrons. The summed E-state index contributed by atoms with van der Waals surface area (Å²) in [5.74, 6) is 0.166. The van der Waals surface area contributed by atoms with Gasteiger partial charge in [-0.25, -0.2) is 0 Å². The van der Waals surface area contributed by atoms with Gasteiger partial charge in [0, 0.05) is 22.6 Å². The zero-order valence-electron chi connectivity index (χ0n) is 11.7. The van der Waals surface area contributed by atoms with Gasteiger partial charge in [-0.1, -0.05) is 22.0 Å². The number of aryl methyl sites for hydroxylation is 1. The van der Waals surface area contributed by atoms with Crippen LogP contribution in [0.4, 0.5) is 0 Å². The lowest BCUT2D eigenvalue weighted by molar-refractivity contribution is -0.133. The van der Waals surface area contributed by atoms with E-state index in [2.05, 4.69) is 29.8 Å². The summed E-state index contributed by atoms with van der Waals surface area (Å²) in [6, 6.07) is 6.16. The number of likely N-dealkylation sites (tertiary alicyclic amines) is 1. The number of benzene rings is 1. The quantitative estimate of drug-likeness (QED) is 0.909. The first-order valence-corrected chi connectivity index (χ1v) is 7.40. The first kappa shape index (κ1) is 14.5. The minimum Gasteiger partial charge on any atom is -0.336 e. The van der Waals surface area contributed by atoms with Crippen molar-refractivity contribution in [1.82, 2.24) is 4.90 Å². The van der Waals surface area contributed by atoms with Crippen molar-refractivity contribution in [2.45, 2.75) is 45.2 Å². The van der Waals surface area contributed by atoms with Gasteiger partial charge in [0.25, 0.3) is 0 Å². The number of hydrogen-bond donors (Lipinski definition) is 1. The third-order valence-corrected chi connectivity index (χ3v) is 4.36. The molecule has 2 rings (SSSR count). The fraction of sp³-hybridized carbons (Fsp3) is 0.533. The van der Waals surface area contributed by atoms with Crippen molar-refractivity contribution in [3.8, 4) is 0 Å². The number of rotatable bonds is 2. The fourth-order valence-electron chi connectivity index (χ4n) is 2.83. The zero-order valence-corrected chi connectivity index (χ0v) is 13.3. The van der Waals surface area contributed by atoms with Gasteiger partial charge in [-0.15, -0.1) is 0 Å². The molecule has 19 heavy (non-hydrogen) atoms. The van der Waals surface area contributed by atoms with Crippen LogP contribution in [0, 0.1) is 6.92 Å². The number of carbonyl (C=O) groups excluding carboxylic acids is 1. The Kier molecular flexibility index (Phi) is 4.02. The van der Waals surface area contributed by atoms with Gasteiger partial charge < -0.3 is 10.6 Å². The lowest BCUT2D eigenvalue weighted by Gasteiger charge is -2.31. The van der Waals surface area contributed by atoms with Crippen LogP contribution in [0.25, 0.3) is 0 Å². The van der Waals surface area contributed by atoms with Crippen molar-refractivity contribution in [2.24, 2.45) is 5.73 Å². The topological polar surface area (TPSA) is 46.3 Å². The SMILES string of the molecule is Cc1ccc(Br)cc1CC(=O)N1CC(N)CC1(C)C. The number of halogens is 1. The number of amides is 1. The Hall–Kier alpha value is -0.870. The van der Waals surface area contributed by atoms with E-state index in [0.29, 0.717) is 13.0 Å². The number of carbonyl (C=O) groups is 1. The maximum Gasteiger partial charge on any atom is 0.227 e. The highest BCUT2D eigenvalue weighted by molar-refractivity contribution is 9.10. The van der Waals surface area contributed by atoms with E-state index in [1.165, 1.54) is 0 Å². The fourth-order valence-corrected chi connectivity index (χ4v) is 3.23. The molecule has 1 unspecified atom stereocenters. The highest BCUT2D eigenvalue weighted by Crippen LogP contribution is 2.28. The van der Waals surface area contributed by atoms with Gasteiger partial charge in [-0.3, -0.25) is 4.79 Å². The van der Waals surface area contributed by atoms with Crippen LogP contribution in [0.15, 0.2) is 22.7 Å². The van der Waals surface area contributed by atoms with Crippen LogP contribution in [-0.2, 0) is 11.2 Å². The Morgan fingerprint density at radius 2 is 2.21 bits per heavy atom. The standard InChI is InChI=1S/C15H21BrN2O/c1-10-4-5-12(16)6-11(10)7-14(19)18-9-13(17)8-15(18,2)3/h4-6,13H,7-9,17H2,1-3H3. The highest BCUT2D eigenvalue weighted by Gasteiger charge is 2.39. The van der Waals surface area contributed by atoms with Gasteiger partial charge in [0.1, 0.15) is 0 Å². The van der Waals surface area contributed by atoms with E-state index in [0.717, 1.165) is 22.0 Å². The van der Waals surface area contributed by atoms with Crippen LogP contribution in [-0.4, -0.2) is 28.9 Å². The second-order valence-electron chi connectivity index (χ2n) is 6.03. The normalized spacial score (nSPS) is 21.7. The van der Waals surface area contributed by atoms with Crippen molar-refractivity contribution in [3.63, 3.8) is 0 Å². The number of nitrogens with two attached hydrogens (primary N) is 1. The van der Waals surface area contributed by atoms with E-state index in [9.17, 15) is 4.79 Å². The first-order valence-electron chi connectivity index (χ1n) is 6.61. The molecule has 0 radical (unpaired) electrons. The van der Waals surface area contributed by atoms with Gasteiger partial charge >= 0.3 is 0 Å². The summed E-state index contributed by atoms with van der Waals surface area (Å²) >= 11 is 3.46. The van der Waals surface area contributed by atoms with Crippen molar-refractivity contribution in [2.75, 3.05) is 6.54 Å². The molecule has 1 atom stereocenters. The lowest BCUT2D eigenvalue weighted by Crippen LogP contribution is -2.43. The van der Waals surface area contributed by atoms with Crippen LogP contribution < -0.4 is 5.73 Å². The van der Waals surface area contributed by atoms with E-state index in [4.69, 9.17) is 5.73 Å². The van der Waals surface area contributed by atoms with Gasteiger partial charge in [0.05, 0.1) is 6.42 Å². The summed E-state index contributed by atoms with van der Waals surface area (Å²) < 4.78 is 1.01. The average Bonchev–Trinajstić information content (AvgIpc) is 2.57. The predicted octanol–water partition coefficient (Wildman–Crippen LogP) is 2.64. The Morgan fingerprint density at radius 3 is 2.79 bits per heavy atom. The molecule has 1 aromatic rings. The van der Waals surface area contributed by atoms with Crippen molar-refractivity contribution >= 4 is 21.8 Å². The minimum atomic E-state index is -0.129. The van der Waals surface area contributed by atoms with E-state index < -0.39 is 0 Å². The third-order valence-electron chi connectivity index (χ3n) is 3.86. The molecule has 1 aliphatic heterocycles. The van der Waals surface area contributed by atoms with Crippen LogP contribution in [0.3, 0.4) is 0 Å². The first-order chi connectivity index (χ1) is 8.79. The van der Waals surface area contributed by atoms with Crippen LogP contribution in [0.2, 0.25) is 0 Å². The van der Waals surface area contributed by atoms with E-state index in [-0.39, 0.29) is 17.5 Å². The van der Waals surface area contributed by atoms with Gasteiger partial charge in [-0.05, 0) is 50.5 Å². The molecule has 0 spiro atoms. The highest BCUT2D eigenvalue weighted by atomic mass is 79.9. The van der Waals surface area contributed by atoms with Gasteiger partial charge in [0.15, 0.2) is 0 Å². The molecule has 1 aliphatic rings. The van der Waals surface area contributed by atoms with Gasteiger partial charge in [-0.2, -0.15) is 0 Å². The molecule has 1 heterocycles. The second-order valence-corrected chi connectivity index (χ2v) is 6.94. The maximum absolute atomic E-state index is 12.5. The molecule has 0 aliphatic carbocycles. The molecule has 3 nitrogen and oxygen atoms in total. The smallest absolute Gasteiger partial charge is 0.227 e. The van der Waals surface area contributed by atoms with Crippen molar-refractivity contribution in [1.29, 1.82) is 0 Å². The molecule has 1 fully saturated rings. The van der Waals surface area contributed by atoms with E-state index >= 15 is 0 Å². The molecule has 1 saturated heterocycles. The molecule has 0 saturated carbocycles. The Labute approximate surface area is 123 Å². The Morgan fingerprint density at radius 1 is 1.53 bits per heavy atom. The molecule has 1 aromatic carbocycles. The van der Waals surface area contributed by atoms with Crippen LogP contribution in [0.5, 0.6) is 0 Å². The monoisotopic (exact) mass is 324 g/mol. The molecule has 0 aromatic heterocycles. The zero-order chi connectivity index (χ0) is 14.2. The van der Waals surface area contributed by atoms with Crippen LogP contribution >= 0.6 is 15.9 Å². The van der Waals surface area contributed by atoms with E-state index in [1.807, 2.05) is 30.0 Å². The molecule has 2 N–H and O–H groups in total. The molecule has 4 heteroatoms. The Balaban J connectivity index is 2.15. The molecular weight excluding hydrogens is 304 g/mol. The molecule has 1 amide bonds. The van der Waals surface area contributed by atoms with E-state index in [1.54, 1.807) is 0 Å². The molecule has 0 bridgehead atoms. The summed E-state index contributed by atoms with van der Waals surface area (Å²) in [5, 5.41) is 0. The number of hydrogen-bond acceptors (Lipinski definition) is 2. The average molecular weight is 325 g/mol. The van der Waals surface area contributed by atoms with Crippen LogP contribution in [0.1, 0.15) is 31.4 Å². The summed E-state index contributed by atoms with van der Waals surface area (Å²) in [6.07, 6.45) is 1.32. The van der Waals surface area contributed by atoms with Gasteiger partial charge in [0.2, 0.25) is 5.91 Å². The summed E-state index contributed by atoms with van der Waals surface area (Å²) in [7, 11) is 0. The summed E-state index contributed by atoms with van der Waals surface area (Å²) in [5.41, 5.74) is 8.09. The van der Waals surface area contributed by atoms with Crippen molar-refractivity contribution in [3.05, 3.63) is 33.8 Å².